The zero-order chi connectivity index (χ0) is 11.0. The molecule has 0 spiro atoms. The van der Waals surface area contributed by atoms with Crippen LogP contribution in [0.2, 0.25) is 0 Å². The number of nitrogens with zero attached hydrogens (tertiary/aromatic N) is 4. The van der Waals surface area contributed by atoms with Crippen LogP contribution in [0, 0.1) is 0 Å². The van der Waals surface area contributed by atoms with Crippen molar-refractivity contribution < 1.29 is 4.74 Å². The number of rotatable bonds is 1. The Kier molecular flexibility index (Phi) is 2.49. The van der Waals surface area contributed by atoms with Gasteiger partial charge in [-0.25, -0.2) is 9.97 Å². The molecule has 0 unspecified atom stereocenters. The number of hydrogen-bond acceptors (Lipinski definition) is 5. The molecule has 0 saturated carbocycles. The lowest BCUT2D eigenvalue weighted by molar-refractivity contribution is 0.122. The van der Waals surface area contributed by atoms with Gasteiger partial charge in [-0.1, -0.05) is 0 Å². The molecule has 0 atom stereocenters. The summed E-state index contributed by atoms with van der Waals surface area (Å²) in [7, 11) is 2.11. The molecule has 0 aromatic carbocycles. The lowest BCUT2D eigenvalue weighted by Crippen LogP contribution is -2.37. The Morgan fingerprint density at radius 3 is 2.88 bits per heavy atom. The molecule has 0 bridgehead atoms. The topological polar surface area (TPSA) is 41.5 Å². The van der Waals surface area contributed by atoms with Gasteiger partial charge in [0.1, 0.15) is 0 Å². The molecule has 1 aromatic heterocycles. The van der Waals surface area contributed by atoms with Crippen molar-refractivity contribution in [2.45, 2.75) is 13.1 Å². The lowest BCUT2D eigenvalue weighted by atomic mass is 10.3. The van der Waals surface area contributed by atoms with Crippen molar-refractivity contribution in [3.8, 4) is 0 Å². The molecule has 16 heavy (non-hydrogen) atoms. The average molecular weight is 220 g/mol. The van der Waals surface area contributed by atoms with Crippen LogP contribution in [-0.4, -0.2) is 48.2 Å². The summed E-state index contributed by atoms with van der Waals surface area (Å²) >= 11 is 0. The van der Waals surface area contributed by atoms with Gasteiger partial charge in [-0.05, 0) is 7.05 Å². The molecule has 0 N–H and O–H groups in total. The van der Waals surface area contributed by atoms with Crippen molar-refractivity contribution in [3.05, 3.63) is 17.5 Å². The van der Waals surface area contributed by atoms with Crippen LogP contribution in [0.5, 0.6) is 0 Å². The van der Waals surface area contributed by atoms with Crippen molar-refractivity contribution in [2.24, 2.45) is 0 Å². The van der Waals surface area contributed by atoms with E-state index in [0.29, 0.717) is 0 Å². The van der Waals surface area contributed by atoms with Crippen LogP contribution < -0.4 is 4.90 Å². The number of morpholine rings is 1. The normalized spacial score (nSPS) is 21.2. The first-order valence-electron chi connectivity index (χ1n) is 5.69. The van der Waals surface area contributed by atoms with E-state index in [0.717, 1.165) is 45.3 Å². The minimum atomic E-state index is 0.778. The molecule has 1 saturated heterocycles. The van der Waals surface area contributed by atoms with Crippen molar-refractivity contribution in [1.82, 2.24) is 14.9 Å². The molecule has 2 aliphatic heterocycles. The van der Waals surface area contributed by atoms with Crippen molar-refractivity contribution in [2.75, 3.05) is 38.3 Å². The van der Waals surface area contributed by atoms with E-state index in [9.17, 15) is 0 Å². The van der Waals surface area contributed by atoms with Crippen LogP contribution in [-0.2, 0) is 17.8 Å². The van der Waals surface area contributed by atoms with Crippen LogP contribution in [0.15, 0.2) is 6.20 Å². The molecule has 3 heterocycles. The summed E-state index contributed by atoms with van der Waals surface area (Å²) < 4.78 is 5.33. The van der Waals surface area contributed by atoms with Crippen LogP contribution in [0.4, 0.5) is 5.95 Å². The van der Waals surface area contributed by atoms with Gasteiger partial charge in [-0.2, -0.15) is 0 Å². The Morgan fingerprint density at radius 1 is 1.25 bits per heavy atom. The summed E-state index contributed by atoms with van der Waals surface area (Å²) in [6, 6.07) is 0. The van der Waals surface area contributed by atoms with E-state index in [2.05, 4.69) is 26.8 Å². The van der Waals surface area contributed by atoms with E-state index in [-0.39, 0.29) is 0 Å². The number of fused-ring (bicyclic) bond motifs is 1. The minimum Gasteiger partial charge on any atom is -0.378 e. The summed E-state index contributed by atoms with van der Waals surface area (Å²) in [4.78, 5) is 13.5. The van der Waals surface area contributed by atoms with Gasteiger partial charge >= 0.3 is 0 Å². The second-order valence-electron chi connectivity index (χ2n) is 4.41. The quantitative estimate of drug-likeness (QED) is 0.679. The van der Waals surface area contributed by atoms with Gasteiger partial charge in [0.05, 0.1) is 18.9 Å². The van der Waals surface area contributed by atoms with Crippen LogP contribution >= 0.6 is 0 Å². The molecule has 0 amide bonds. The van der Waals surface area contributed by atoms with Gasteiger partial charge in [-0.3, -0.25) is 4.90 Å². The van der Waals surface area contributed by atoms with Gasteiger partial charge in [0.15, 0.2) is 0 Å². The average Bonchev–Trinajstić information content (AvgIpc) is 2.69. The molecular formula is C11H16N4O. The van der Waals surface area contributed by atoms with Crippen molar-refractivity contribution in [3.63, 3.8) is 0 Å². The molecule has 1 aromatic rings. The second kappa shape index (κ2) is 3.99. The summed E-state index contributed by atoms with van der Waals surface area (Å²) in [5.41, 5.74) is 2.44. The summed E-state index contributed by atoms with van der Waals surface area (Å²) in [6.07, 6.45) is 1.97. The molecule has 5 heteroatoms. The van der Waals surface area contributed by atoms with Crippen LogP contribution in [0.3, 0.4) is 0 Å². The first kappa shape index (κ1) is 9.99. The lowest BCUT2D eigenvalue weighted by Gasteiger charge is -2.26. The minimum absolute atomic E-state index is 0.778. The van der Waals surface area contributed by atoms with E-state index < -0.39 is 0 Å². The number of anilines is 1. The Bertz CT molecular complexity index is 390. The van der Waals surface area contributed by atoms with E-state index >= 15 is 0 Å². The molecule has 1 fully saturated rings. The van der Waals surface area contributed by atoms with Crippen molar-refractivity contribution in [1.29, 1.82) is 0 Å². The third kappa shape index (κ3) is 1.76. The summed E-state index contributed by atoms with van der Waals surface area (Å²) in [5.74, 6) is 0.859. The fraction of sp³-hybridized carbons (Fsp3) is 0.636. The Hall–Kier alpha value is -1.20. The number of aromatic nitrogens is 2. The smallest absolute Gasteiger partial charge is 0.225 e. The molecule has 0 aliphatic carbocycles. The number of hydrogen-bond donors (Lipinski definition) is 0. The van der Waals surface area contributed by atoms with E-state index in [4.69, 9.17) is 4.74 Å². The van der Waals surface area contributed by atoms with Crippen LogP contribution in [0.25, 0.3) is 0 Å². The zero-order valence-corrected chi connectivity index (χ0v) is 9.52. The molecule has 0 radical (unpaired) electrons. The van der Waals surface area contributed by atoms with E-state index in [1.165, 1.54) is 11.3 Å². The second-order valence-corrected chi connectivity index (χ2v) is 4.41. The molecule has 86 valence electrons. The maximum absolute atomic E-state index is 5.33. The maximum atomic E-state index is 5.33. The molecule has 5 nitrogen and oxygen atoms in total. The largest absolute Gasteiger partial charge is 0.378 e. The van der Waals surface area contributed by atoms with E-state index in [1.54, 1.807) is 0 Å². The molecule has 3 rings (SSSR count). The molecule has 2 aliphatic rings. The van der Waals surface area contributed by atoms with Crippen LogP contribution in [0.1, 0.15) is 11.3 Å². The van der Waals surface area contributed by atoms with Gasteiger partial charge in [0, 0.05) is 37.9 Å². The third-order valence-corrected chi connectivity index (χ3v) is 3.10. The molecular weight excluding hydrogens is 204 g/mol. The standard InChI is InChI=1S/C11H16N4O/c1-14-7-9-6-12-11(13-10(9)8-14)15-2-4-16-5-3-15/h6H,2-5,7-8H2,1H3. The fourth-order valence-electron chi connectivity index (χ4n) is 2.22. The first-order valence-corrected chi connectivity index (χ1v) is 5.69. The van der Waals surface area contributed by atoms with Gasteiger partial charge in [0.25, 0.3) is 0 Å². The predicted molar refractivity (Wildman–Crippen MR) is 60.2 cm³/mol. The highest BCUT2D eigenvalue weighted by Gasteiger charge is 2.20. The van der Waals surface area contributed by atoms with Gasteiger partial charge in [-0.15, -0.1) is 0 Å². The predicted octanol–water partition coefficient (Wildman–Crippen LogP) is 0.259. The van der Waals surface area contributed by atoms with Gasteiger partial charge in [0.2, 0.25) is 5.95 Å². The highest BCUT2D eigenvalue weighted by molar-refractivity contribution is 5.34. The Morgan fingerprint density at radius 2 is 2.06 bits per heavy atom. The first-order chi connectivity index (χ1) is 7.83. The van der Waals surface area contributed by atoms with Gasteiger partial charge < -0.3 is 9.64 Å². The third-order valence-electron chi connectivity index (χ3n) is 3.10. The summed E-state index contributed by atoms with van der Waals surface area (Å²) in [6.45, 7) is 5.26. The Labute approximate surface area is 95.0 Å². The highest BCUT2D eigenvalue weighted by Crippen LogP contribution is 2.21. The highest BCUT2D eigenvalue weighted by atomic mass is 16.5. The Balaban J connectivity index is 1.84. The zero-order valence-electron chi connectivity index (χ0n) is 9.52. The fourth-order valence-corrected chi connectivity index (χ4v) is 2.22. The van der Waals surface area contributed by atoms with Crippen molar-refractivity contribution >= 4 is 5.95 Å². The SMILES string of the molecule is CN1Cc2cnc(N3CCOCC3)nc2C1. The monoisotopic (exact) mass is 220 g/mol. The maximum Gasteiger partial charge on any atom is 0.225 e. The summed E-state index contributed by atoms with van der Waals surface area (Å²) in [5, 5.41) is 0. The number of ether oxygens (including phenoxy) is 1. The van der Waals surface area contributed by atoms with E-state index in [1.807, 2.05) is 6.20 Å².